The molecule has 1 heteroatoms. The second-order valence-electron chi connectivity index (χ2n) is 0.964. The Morgan fingerprint density at radius 2 is 1.75 bits per heavy atom. The molecule has 0 aromatic heterocycles. The van der Waals surface area contributed by atoms with Crippen molar-refractivity contribution in [2.24, 2.45) is 0 Å². The maximum Gasteiger partial charge on any atom is 0.0194 e. The average Bonchev–Trinajstić information content (AvgIpc) is 1.75. The predicted molar refractivity (Wildman–Crippen MR) is 16.9 cm³/mol. The van der Waals surface area contributed by atoms with Crippen LogP contribution in [0.4, 0.5) is 0 Å². The van der Waals surface area contributed by atoms with E-state index in [0.717, 1.165) is 0 Å². The number of rotatable bonds is 0. The summed E-state index contributed by atoms with van der Waals surface area (Å²) in [5.74, 6) is 0. The van der Waals surface area contributed by atoms with Crippen molar-refractivity contribution in [1.82, 2.24) is 4.90 Å². The highest BCUT2D eigenvalue weighted by Crippen LogP contribution is 1.96. The molecule has 1 nitrogen and oxygen atoms in total. The lowest BCUT2D eigenvalue weighted by Crippen LogP contribution is -1.74. The quantitative estimate of drug-likeness (QED) is 0.387. The summed E-state index contributed by atoms with van der Waals surface area (Å²) in [5, 5.41) is 0. The molecule has 22 valence electrons. The lowest BCUT2D eigenvalue weighted by molar-refractivity contribution is 0.760. The molecule has 1 rings (SSSR count). The minimum Gasteiger partial charge on any atom is -0.354 e. The van der Waals surface area contributed by atoms with Crippen molar-refractivity contribution in [3.63, 3.8) is 0 Å². The van der Waals surface area contributed by atoms with Gasteiger partial charge in [-0.25, -0.2) is 0 Å². The van der Waals surface area contributed by atoms with E-state index >= 15 is 0 Å². The zero-order chi connectivity index (χ0) is 2.99. The molecule has 0 aliphatic carbocycles. The number of nitrogens with zero attached hydrogens (tertiary/aromatic N) is 1. The van der Waals surface area contributed by atoms with Crippen LogP contribution in [-0.2, 0) is 0 Å². The Kier molecular flexibility index (Phi) is 0.133. The normalized spacial score (nSPS) is 17.8. The first-order chi connectivity index (χ1) is 1.89. The maximum atomic E-state index is 2.00. The Hall–Kier alpha value is -0.460. The van der Waals surface area contributed by atoms with E-state index in [1.807, 2.05) is 24.3 Å². The van der Waals surface area contributed by atoms with Gasteiger partial charge in [-0.05, 0) is 0 Å². The molecule has 0 amide bonds. The van der Waals surface area contributed by atoms with Crippen LogP contribution in [0.5, 0.6) is 0 Å². The standard InChI is InChI=1S/C3H5N/c1-4-2-3-4/h2-3H,1H3. The lowest BCUT2D eigenvalue weighted by atomic mass is 11.3. The van der Waals surface area contributed by atoms with Crippen LogP contribution < -0.4 is 0 Å². The van der Waals surface area contributed by atoms with Crippen LogP contribution in [0.25, 0.3) is 0 Å². The minimum absolute atomic E-state index is 2.00. The molecule has 1 heterocycles. The van der Waals surface area contributed by atoms with Crippen molar-refractivity contribution in [3.8, 4) is 0 Å². The van der Waals surface area contributed by atoms with E-state index in [2.05, 4.69) is 0 Å². The van der Waals surface area contributed by atoms with E-state index in [4.69, 9.17) is 0 Å². The molecule has 1 aliphatic heterocycles. The first-order valence-electron chi connectivity index (χ1n) is 1.30. The Balaban J connectivity index is 2.32. The van der Waals surface area contributed by atoms with E-state index in [1.165, 1.54) is 0 Å². The molecular formula is C3H5N. The molecule has 0 aromatic carbocycles. The molecule has 0 bridgehead atoms. The summed E-state index contributed by atoms with van der Waals surface area (Å²) in [6.07, 6.45) is 4.00. The third-order valence-corrected chi connectivity index (χ3v) is 0.447. The number of hydrogen-bond donors (Lipinski definition) is 0. The van der Waals surface area contributed by atoms with Gasteiger partial charge in [0.15, 0.2) is 0 Å². The Bertz CT molecular complexity index is 41.2. The third-order valence-electron chi connectivity index (χ3n) is 0.447. The SMILES string of the molecule is CN1C=C1. The summed E-state index contributed by atoms with van der Waals surface area (Å²) in [7, 11) is 2.00. The molecule has 0 aromatic rings. The summed E-state index contributed by atoms with van der Waals surface area (Å²) in [5.41, 5.74) is 0. The van der Waals surface area contributed by atoms with Gasteiger partial charge in [0.2, 0.25) is 0 Å². The summed E-state index contributed by atoms with van der Waals surface area (Å²) in [6.45, 7) is 0. The van der Waals surface area contributed by atoms with E-state index in [0.29, 0.717) is 0 Å². The molecule has 1 aliphatic rings. The molecule has 0 radical (unpaired) electrons. The Morgan fingerprint density at radius 1 is 1.50 bits per heavy atom. The molecule has 0 fully saturated rings. The van der Waals surface area contributed by atoms with Crippen LogP contribution in [0.15, 0.2) is 12.4 Å². The van der Waals surface area contributed by atoms with Gasteiger partial charge < -0.3 is 4.90 Å². The molecule has 0 spiro atoms. The molecule has 4 heavy (non-hydrogen) atoms. The predicted octanol–water partition coefficient (Wildman–Crippen LogP) is 0.403. The lowest BCUT2D eigenvalue weighted by Gasteiger charge is -1.74. The summed E-state index contributed by atoms with van der Waals surface area (Å²) in [4.78, 5) is 2.00. The zero-order valence-corrected chi connectivity index (χ0v) is 2.60. The maximum absolute atomic E-state index is 2.00. The van der Waals surface area contributed by atoms with Crippen molar-refractivity contribution in [2.45, 2.75) is 0 Å². The van der Waals surface area contributed by atoms with Gasteiger partial charge in [-0.1, -0.05) is 0 Å². The average molecular weight is 55.1 g/mol. The van der Waals surface area contributed by atoms with Gasteiger partial charge in [0.05, 0.1) is 0 Å². The van der Waals surface area contributed by atoms with E-state index in [1.54, 1.807) is 0 Å². The second-order valence-corrected chi connectivity index (χ2v) is 0.964. The molecular weight excluding hydrogens is 50.0 g/mol. The van der Waals surface area contributed by atoms with Crippen molar-refractivity contribution < 1.29 is 0 Å². The fourth-order valence-electron chi connectivity index (χ4n) is 0.0667. The van der Waals surface area contributed by atoms with Crippen molar-refractivity contribution in [1.29, 1.82) is 0 Å². The van der Waals surface area contributed by atoms with Gasteiger partial charge in [0.25, 0.3) is 0 Å². The van der Waals surface area contributed by atoms with Crippen molar-refractivity contribution >= 4 is 0 Å². The van der Waals surface area contributed by atoms with Gasteiger partial charge in [-0.2, -0.15) is 0 Å². The fourth-order valence-corrected chi connectivity index (χ4v) is 0.0667. The van der Waals surface area contributed by atoms with Crippen LogP contribution in [0.1, 0.15) is 0 Å². The topological polar surface area (TPSA) is 3.01 Å². The molecule has 0 unspecified atom stereocenters. The monoisotopic (exact) mass is 55.0 g/mol. The second kappa shape index (κ2) is 0.292. The third kappa shape index (κ3) is 0.0696. The molecule has 0 saturated heterocycles. The molecule has 0 atom stereocenters. The first kappa shape index (κ1) is 1.82. The van der Waals surface area contributed by atoms with Gasteiger partial charge in [-0.15, -0.1) is 0 Å². The van der Waals surface area contributed by atoms with Crippen molar-refractivity contribution in [3.05, 3.63) is 12.4 Å². The van der Waals surface area contributed by atoms with Gasteiger partial charge in [0.1, 0.15) is 0 Å². The Labute approximate surface area is 25.5 Å². The zero-order valence-electron chi connectivity index (χ0n) is 2.60. The van der Waals surface area contributed by atoms with Gasteiger partial charge in [0, 0.05) is 19.4 Å². The number of hydrogen-bond acceptors (Lipinski definition) is 1. The highest BCUT2D eigenvalue weighted by molar-refractivity contribution is 4.97. The van der Waals surface area contributed by atoms with E-state index in [-0.39, 0.29) is 0 Å². The van der Waals surface area contributed by atoms with Crippen LogP contribution in [0.2, 0.25) is 0 Å². The summed E-state index contributed by atoms with van der Waals surface area (Å²) < 4.78 is 0. The van der Waals surface area contributed by atoms with Crippen LogP contribution in [0.3, 0.4) is 0 Å². The summed E-state index contributed by atoms with van der Waals surface area (Å²) >= 11 is 0. The fraction of sp³-hybridized carbons (Fsp3) is 0.333. The molecule has 0 N–H and O–H groups in total. The smallest absolute Gasteiger partial charge is 0.0194 e. The summed E-state index contributed by atoms with van der Waals surface area (Å²) in [6, 6.07) is 0. The Morgan fingerprint density at radius 3 is 1.75 bits per heavy atom. The molecule has 0 saturated carbocycles. The van der Waals surface area contributed by atoms with Crippen LogP contribution in [-0.4, -0.2) is 11.9 Å². The minimum atomic E-state index is 2.00. The van der Waals surface area contributed by atoms with Crippen LogP contribution in [0, 0.1) is 0 Å². The van der Waals surface area contributed by atoms with E-state index in [9.17, 15) is 0 Å². The van der Waals surface area contributed by atoms with Gasteiger partial charge >= 0.3 is 0 Å². The largest absolute Gasteiger partial charge is 0.354 e. The highest BCUT2D eigenvalue weighted by Gasteiger charge is 1.89. The van der Waals surface area contributed by atoms with Crippen molar-refractivity contribution in [2.75, 3.05) is 7.05 Å². The van der Waals surface area contributed by atoms with Gasteiger partial charge in [-0.3, -0.25) is 0 Å². The van der Waals surface area contributed by atoms with Crippen LogP contribution >= 0.6 is 0 Å². The first-order valence-corrected chi connectivity index (χ1v) is 1.30. The highest BCUT2D eigenvalue weighted by atomic mass is 15.1. The van der Waals surface area contributed by atoms with E-state index < -0.39 is 0 Å².